The van der Waals surface area contributed by atoms with Crippen LogP contribution in [0.25, 0.3) is 0 Å². The van der Waals surface area contributed by atoms with Crippen LogP contribution in [0.4, 0.5) is 5.69 Å². The largest absolute Gasteiger partial charge is 0.497 e. The van der Waals surface area contributed by atoms with E-state index in [2.05, 4.69) is 65.1 Å². The fraction of sp³-hybridized carbons (Fsp3) is 0.500. The van der Waals surface area contributed by atoms with Crippen molar-refractivity contribution in [2.75, 3.05) is 32.3 Å². The monoisotopic (exact) mass is 577 g/mol. The number of anilines is 1. The van der Waals surface area contributed by atoms with Gasteiger partial charge in [0.1, 0.15) is 11.5 Å². The number of carbonyl (C=O) groups excluding carboxylic acids is 1. The number of benzene rings is 2. The van der Waals surface area contributed by atoms with Gasteiger partial charge in [-0.15, -0.1) is 0 Å². The van der Waals surface area contributed by atoms with Gasteiger partial charge in [-0.25, -0.2) is 0 Å². The third-order valence-corrected chi connectivity index (χ3v) is 13.5. The van der Waals surface area contributed by atoms with Crippen molar-refractivity contribution < 1.29 is 24.1 Å². The van der Waals surface area contributed by atoms with E-state index in [1.54, 1.807) is 14.2 Å². The SMILES string of the molecule is COc1ccc([Si](C)(C)[C@@H]2[C@@H](CCO)O[C@]3(C(=O)N(C/C=C(\C)CCC=C(C)C)c4ccc(OC)cc43)[C@H]2C)cc1. The molecule has 2 aliphatic rings. The Morgan fingerprint density at radius 3 is 2.32 bits per heavy atom. The molecule has 2 heterocycles. The Kier molecular flexibility index (Phi) is 9.51. The zero-order valence-corrected chi connectivity index (χ0v) is 27.0. The normalized spacial score (nSPS) is 24.1. The smallest absolute Gasteiger partial charge is 0.264 e. The molecule has 0 radical (unpaired) electrons. The fourth-order valence-corrected chi connectivity index (χ4v) is 11.0. The van der Waals surface area contributed by atoms with E-state index < -0.39 is 13.7 Å². The molecule has 41 heavy (non-hydrogen) atoms. The van der Waals surface area contributed by atoms with Crippen LogP contribution in [0.3, 0.4) is 0 Å². The first-order valence-corrected chi connectivity index (χ1v) is 17.8. The van der Waals surface area contributed by atoms with Crippen molar-refractivity contribution in [1.82, 2.24) is 0 Å². The summed E-state index contributed by atoms with van der Waals surface area (Å²) in [5.74, 6) is 1.40. The average Bonchev–Trinajstić information content (AvgIpc) is 3.37. The summed E-state index contributed by atoms with van der Waals surface area (Å²) in [7, 11) is 1.12. The van der Waals surface area contributed by atoms with E-state index >= 15 is 0 Å². The third-order valence-electron chi connectivity index (χ3n) is 9.17. The van der Waals surface area contributed by atoms with Crippen LogP contribution in [-0.2, 0) is 15.1 Å². The van der Waals surface area contributed by atoms with Gasteiger partial charge in [-0.1, -0.05) is 60.6 Å². The zero-order valence-electron chi connectivity index (χ0n) is 26.0. The first kappa shape index (κ1) is 31.1. The molecule has 0 saturated carbocycles. The number of amides is 1. The van der Waals surface area contributed by atoms with Gasteiger partial charge >= 0.3 is 0 Å². The van der Waals surface area contributed by atoms with E-state index in [1.807, 2.05) is 35.2 Å². The molecule has 4 atom stereocenters. The number of rotatable bonds is 11. The highest BCUT2D eigenvalue weighted by Crippen LogP contribution is 2.60. The molecule has 7 heteroatoms. The van der Waals surface area contributed by atoms with Crippen LogP contribution in [0.2, 0.25) is 18.6 Å². The standard InChI is InChI=1S/C34H47NO5Si/c1-23(2)10-9-11-24(3)18-20-35-30-17-14-27(39-6)22-29(30)34(33(35)37)25(4)32(31(40-34)19-21-36)41(7,8)28-15-12-26(38-5)13-16-28/h10,12-18,22,25,31-32,36H,9,11,19-21H2,1-8H3/b24-18+/t25-,31+,32-,34+/m0/s1. The van der Waals surface area contributed by atoms with E-state index in [0.29, 0.717) is 18.7 Å². The van der Waals surface area contributed by atoms with Crippen molar-refractivity contribution in [3.8, 4) is 11.5 Å². The number of hydrogen-bond acceptors (Lipinski definition) is 5. The van der Waals surface area contributed by atoms with Crippen LogP contribution in [0.5, 0.6) is 11.5 Å². The number of aliphatic hydroxyl groups excluding tert-OH is 1. The number of hydrogen-bond donors (Lipinski definition) is 1. The first-order valence-electron chi connectivity index (χ1n) is 14.7. The van der Waals surface area contributed by atoms with E-state index in [4.69, 9.17) is 14.2 Å². The zero-order chi connectivity index (χ0) is 29.9. The molecule has 6 nitrogen and oxygen atoms in total. The lowest BCUT2D eigenvalue weighted by Gasteiger charge is -2.37. The van der Waals surface area contributed by atoms with Gasteiger partial charge in [0, 0.05) is 24.6 Å². The Labute approximate surface area is 247 Å². The summed E-state index contributed by atoms with van der Waals surface area (Å²) in [4.78, 5) is 16.5. The second-order valence-corrected chi connectivity index (χ2v) is 17.0. The Morgan fingerprint density at radius 1 is 1.05 bits per heavy atom. The summed E-state index contributed by atoms with van der Waals surface area (Å²) < 4.78 is 18.0. The maximum Gasteiger partial charge on any atom is 0.264 e. The van der Waals surface area contributed by atoms with Crippen molar-refractivity contribution in [2.45, 2.75) is 77.3 Å². The molecule has 0 bridgehead atoms. The number of carbonyl (C=O) groups is 1. The van der Waals surface area contributed by atoms with Gasteiger partial charge in [0.25, 0.3) is 5.91 Å². The maximum atomic E-state index is 14.6. The lowest BCUT2D eigenvalue weighted by molar-refractivity contribution is -0.146. The summed E-state index contributed by atoms with van der Waals surface area (Å²) in [6, 6.07) is 14.2. The maximum absolute atomic E-state index is 14.6. The van der Waals surface area contributed by atoms with Gasteiger partial charge < -0.3 is 24.2 Å². The summed E-state index contributed by atoms with van der Waals surface area (Å²) >= 11 is 0. The van der Waals surface area contributed by atoms with Crippen LogP contribution in [0, 0.1) is 5.92 Å². The number of aliphatic hydroxyl groups is 1. The number of nitrogens with zero attached hydrogens (tertiary/aromatic N) is 1. The molecule has 2 aromatic carbocycles. The molecule has 4 rings (SSSR count). The van der Waals surface area contributed by atoms with Crippen molar-refractivity contribution in [3.63, 3.8) is 0 Å². The van der Waals surface area contributed by atoms with Gasteiger partial charge in [0.15, 0.2) is 5.60 Å². The van der Waals surface area contributed by atoms with Crippen LogP contribution in [-0.4, -0.2) is 52.6 Å². The highest BCUT2D eigenvalue weighted by atomic mass is 28.3. The number of methoxy groups -OCH3 is 2. The fourth-order valence-electron chi connectivity index (χ4n) is 6.94. The van der Waals surface area contributed by atoms with E-state index in [1.165, 1.54) is 16.3 Å². The van der Waals surface area contributed by atoms with Crippen molar-refractivity contribution in [1.29, 1.82) is 0 Å². The van der Waals surface area contributed by atoms with Crippen LogP contribution in [0.15, 0.2) is 65.8 Å². The Morgan fingerprint density at radius 2 is 1.71 bits per heavy atom. The highest BCUT2D eigenvalue weighted by molar-refractivity contribution is 6.91. The number of allylic oxidation sites excluding steroid dienone is 3. The van der Waals surface area contributed by atoms with Crippen LogP contribution in [0.1, 0.15) is 52.5 Å². The Bertz CT molecular complexity index is 1300. The minimum atomic E-state index is -2.21. The van der Waals surface area contributed by atoms with Crippen LogP contribution >= 0.6 is 0 Å². The molecular formula is C34H47NO5Si. The predicted octanol–water partition coefficient (Wildman–Crippen LogP) is 6.34. The molecule has 1 amide bonds. The quantitative estimate of drug-likeness (QED) is 0.249. The molecule has 0 aliphatic carbocycles. The molecule has 1 saturated heterocycles. The molecule has 0 unspecified atom stereocenters. The third kappa shape index (κ3) is 5.77. The minimum Gasteiger partial charge on any atom is -0.497 e. The predicted molar refractivity (Wildman–Crippen MR) is 169 cm³/mol. The molecule has 2 aromatic rings. The summed E-state index contributed by atoms with van der Waals surface area (Å²) in [6.45, 7) is 13.7. The summed E-state index contributed by atoms with van der Waals surface area (Å²) in [5, 5.41) is 11.4. The second-order valence-electron chi connectivity index (χ2n) is 12.3. The number of ether oxygens (including phenoxy) is 3. The topological polar surface area (TPSA) is 68.2 Å². The van der Waals surface area contributed by atoms with E-state index in [-0.39, 0.29) is 30.1 Å². The van der Waals surface area contributed by atoms with Crippen molar-refractivity contribution in [2.24, 2.45) is 5.92 Å². The highest BCUT2D eigenvalue weighted by Gasteiger charge is 2.66. The molecule has 2 aliphatic heterocycles. The molecular weight excluding hydrogens is 530 g/mol. The summed E-state index contributed by atoms with van der Waals surface area (Å²) in [6.07, 6.45) is 6.61. The minimum absolute atomic E-state index is 0.00749. The van der Waals surface area contributed by atoms with Crippen LogP contribution < -0.4 is 19.6 Å². The Balaban J connectivity index is 1.76. The van der Waals surface area contributed by atoms with Gasteiger partial charge in [0.2, 0.25) is 0 Å². The average molecular weight is 578 g/mol. The van der Waals surface area contributed by atoms with Crippen molar-refractivity contribution >= 4 is 24.9 Å². The van der Waals surface area contributed by atoms with Crippen molar-refractivity contribution in [3.05, 3.63) is 71.3 Å². The van der Waals surface area contributed by atoms with Gasteiger partial charge in [-0.3, -0.25) is 4.79 Å². The Hall–Kier alpha value is -2.87. The molecule has 222 valence electrons. The lowest BCUT2D eigenvalue weighted by atomic mass is 9.82. The lowest BCUT2D eigenvalue weighted by Crippen LogP contribution is -2.51. The van der Waals surface area contributed by atoms with E-state index in [9.17, 15) is 9.90 Å². The van der Waals surface area contributed by atoms with Gasteiger partial charge in [-0.05, 0) is 75.9 Å². The van der Waals surface area contributed by atoms with Gasteiger partial charge in [-0.2, -0.15) is 0 Å². The second kappa shape index (κ2) is 12.6. The molecule has 0 aromatic heterocycles. The summed E-state index contributed by atoms with van der Waals surface area (Å²) in [5.41, 5.74) is 3.30. The van der Waals surface area contributed by atoms with E-state index in [0.717, 1.165) is 29.8 Å². The molecule has 1 fully saturated rings. The first-order chi connectivity index (χ1) is 19.5. The van der Waals surface area contributed by atoms with Gasteiger partial charge in [0.05, 0.1) is 34.1 Å². The molecule has 1 N–H and O–H groups in total. The number of fused-ring (bicyclic) bond motifs is 2. The molecule has 1 spiro atoms.